The minimum atomic E-state index is -1.99. The van der Waals surface area contributed by atoms with Crippen LogP contribution in [0.25, 0.3) is 0 Å². The summed E-state index contributed by atoms with van der Waals surface area (Å²) in [6, 6.07) is -1.01. The van der Waals surface area contributed by atoms with Gasteiger partial charge in [0.25, 0.3) is 0 Å². The number of aliphatic hydroxyl groups excluding tert-OH is 11. The van der Waals surface area contributed by atoms with Gasteiger partial charge in [-0.1, -0.05) is 180 Å². The van der Waals surface area contributed by atoms with Crippen LogP contribution in [0.4, 0.5) is 0 Å². The Kier molecular flexibility index (Phi) is 41.1. The van der Waals surface area contributed by atoms with E-state index in [1.54, 1.807) is 6.08 Å². The number of ether oxygens (including phenoxy) is 6. The lowest BCUT2D eigenvalue weighted by atomic mass is 9.96. The van der Waals surface area contributed by atoms with Gasteiger partial charge in [0.1, 0.15) is 73.2 Å². The van der Waals surface area contributed by atoms with E-state index in [9.17, 15) is 61.0 Å². The van der Waals surface area contributed by atoms with E-state index in [1.807, 2.05) is 18.2 Å². The van der Waals surface area contributed by atoms with Gasteiger partial charge in [-0.25, -0.2) is 0 Å². The predicted octanol–water partition coefficient (Wildman–Crippen LogP) is 6.09. The zero-order valence-corrected chi connectivity index (χ0v) is 49.8. The Labute approximate surface area is 499 Å². The molecular formula is C65H105NO18. The quantitative estimate of drug-likeness (QED) is 0.0243. The zero-order valence-electron chi connectivity index (χ0n) is 49.8. The molecule has 3 rings (SSSR count). The van der Waals surface area contributed by atoms with E-state index in [0.29, 0.717) is 19.3 Å². The van der Waals surface area contributed by atoms with E-state index in [-0.39, 0.29) is 18.9 Å². The molecule has 1 amide bonds. The van der Waals surface area contributed by atoms with Crippen LogP contribution in [0.2, 0.25) is 0 Å². The highest BCUT2D eigenvalue weighted by atomic mass is 16.8. The van der Waals surface area contributed by atoms with E-state index in [1.165, 1.54) is 32.1 Å². The number of aliphatic hydroxyl groups is 11. The lowest BCUT2D eigenvalue weighted by Crippen LogP contribution is -2.66. The van der Waals surface area contributed by atoms with Crippen molar-refractivity contribution >= 4 is 5.91 Å². The molecule has 3 saturated heterocycles. The van der Waals surface area contributed by atoms with Gasteiger partial charge in [-0.15, -0.1) is 0 Å². The minimum absolute atomic E-state index is 0.154. The van der Waals surface area contributed by atoms with Crippen molar-refractivity contribution in [1.82, 2.24) is 5.32 Å². The lowest BCUT2D eigenvalue weighted by molar-refractivity contribution is -0.379. The summed E-state index contributed by atoms with van der Waals surface area (Å²) in [6.45, 7) is 1.50. The van der Waals surface area contributed by atoms with Crippen LogP contribution in [0.5, 0.6) is 0 Å². The number of rotatable bonds is 43. The fourth-order valence-electron chi connectivity index (χ4n) is 9.48. The second kappa shape index (κ2) is 46.4. The van der Waals surface area contributed by atoms with Crippen molar-refractivity contribution < 1.29 is 89.4 Å². The number of hydrogen-bond acceptors (Lipinski definition) is 18. The maximum Gasteiger partial charge on any atom is 0.220 e. The summed E-state index contributed by atoms with van der Waals surface area (Å²) in [5.74, 6) is -0.342. The van der Waals surface area contributed by atoms with E-state index in [4.69, 9.17) is 28.4 Å². The molecule has 0 aliphatic carbocycles. The summed E-state index contributed by atoms with van der Waals surface area (Å²) in [5.41, 5.74) is 0. The summed E-state index contributed by atoms with van der Waals surface area (Å²) in [7, 11) is 0. The molecule has 19 nitrogen and oxygen atoms in total. The molecule has 3 aliphatic heterocycles. The van der Waals surface area contributed by atoms with Crippen LogP contribution in [0, 0.1) is 0 Å². The lowest BCUT2D eigenvalue weighted by Gasteiger charge is -2.48. The van der Waals surface area contributed by atoms with Crippen molar-refractivity contribution in [2.75, 3.05) is 26.4 Å². The topological polar surface area (TPSA) is 307 Å². The number of allylic oxidation sites excluding steroid dienone is 19. The van der Waals surface area contributed by atoms with Crippen molar-refractivity contribution in [2.45, 2.75) is 253 Å². The average molecular weight is 1190 g/mol. The van der Waals surface area contributed by atoms with Crippen LogP contribution in [0.3, 0.4) is 0 Å². The molecular weight excluding hydrogens is 1080 g/mol. The number of amides is 1. The largest absolute Gasteiger partial charge is 0.394 e. The maximum atomic E-state index is 13.3. The molecule has 84 heavy (non-hydrogen) atoms. The van der Waals surface area contributed by atoms with Gasteiger partial charge in [0, 0.05) is 6.42 Å². The van der Waals surface area contributed by atoms with Crippen molar-refractivity contribution in [3.8, 4) is 0 Å². The van der Waals surface area contributed by atoms with Crippen molar-refractivity contribution in [2.24, 2.45) is 0 Å². The molecule has 17 unspecified atom stereocenters. The molecule has 17 atom stereocenters. The Balaban J connectivity index is 1.45. The summed E-state index contributed by atoms with van der Waals surface area (Å²) < 4.78 is 34.1. The Morgan fingerprint density at radius 2 is 0.821 bits per heavy atom. The third-order valence-corrected chi connectivity index (χ3v) is 14.5. The number of hydrogen-bond donors (Lipinski definition) is 12. The minimum Gasteiger partial charge on any atom is -0.394 e. The number of nitrogens with one attached hydrogen (secondary N) is 1. The Morgan fingerprint density at radius 1 is 0.440 bits per heavy atom. The van der Waals surface area contributed by atoms with Crippen LogP contribution in [-0.4, -0.2) is 193 Å². The fourth-order valence-corrected chi connectivity index (χ4v) is 9.48. The summed E-state index contributed by atoms with van der Waals surface area (Å²) in [6.07, 6.45) is 34.9. The van der Waals surface area contributed by atoms with Crippen molar-refractivity contribution in [3.05, 3.63) is 122 Å². The highest BCUT2D eigenvalue weighted by Crippen LogP contribution is 2.33. The van der Waals surface area contributed by atoms with Gasteiger partial charge in [0.05, 0.1) is 38.6 Å². The second-order valence-electron chi connectivity index (χ2n) is 21.4. The standard InChI is InChI=1S/C65H105NO18/c1-3-5-7-9-11-13-15-16-17-18-19-20-21-22-23-24-25-26-27-28-29-30-31-32-33-35-37-39-41-43-53(71)66-48(49(70)42-40-38-36-34-14-12-10-8-6-4-2)47-79-63-59(77)56(74)61(51(45-68)81-63)84-65-60(78)57(75)62(52(46-69)82-65)83-64-58(76)55(73)54(72)50(44-67)80-64/h5,7,11,13,16-17,19-20,22-23,25-26,28-29,31-32,35,37,40,42,48-52,54-65,67-70,72-78H,3-4,6,8-10,12,14-15,18,21,24,27,30,33-34,36,38-39,41,43-47H2,1-2H3,(H,66,71)/b7-5-,13-11-,17-16-,20-19-,23-22-,26-25-,29-28-,32-31-,37-35-,42-40+. The van der Waals surface area contributed by atoms with E-state index in [2.05, 4.69) is 116 Å². The first-order valence-electron chi connectivity index (χ1n) is 30.8. The first-order valence-corrected chi connectivity index (χ1v) is 30.8. The first kappa shape index (κ1) is 74.4. The Bertz CT molecular complexity index is 2000. The summed E-state index contributed by atoms with van der Waals surface area (Å²) >= 11 is 0. The maximum absolute atomic E-state index is 13.3. The monoisotopic (exact) mass is 1190 g/mol. The predicted molar refractivity (Wildman–Crippen MR) is 323 cm³/mol. The molecule has 0 aromatic carbocycles. The molecule has 478 valence electrons. The van der Waals surface area contributed by atoms with Crippen molar-refractivity contribution in [3.63, 3.8) is 0 Å². The van der Waals surface area contributed by atoms with Crippen LogP contribution >= 0.6 is 0 Å². The van der Waals surface area contributed by atoms with Crippen LogP contribution in [0.1, 0.15) is 149 Å². The van der Waals surface area contributed by atoms with Gasteiger partial charge in [-0.2, -0.15) is 0 Å². The normalized spacial score (nSPS) is 30.0. The summed E-state index contributed by atoms with van der Waals surface area (Å²) in [4.78, 5) is 13.3. The number of carbonyl (C=O) groups is 1. The molecule has 0 bridgehead atoms. The molecule has 19 heteroatoms. The van der Waals surface area contributed by atoms with E-state index in [0.717, 1.165) is 77.0 Å². The Morgan fingerprint density at radius 3 is 1.27 bits per heavy atom. The molecule has 0 aromatic heterocycles. The third kappa shape index (κ3) is 29.3. The van der Waals surface area contributed by atoms with Gasteiger partial charge < -0.3 is 89.9 Å². The third-order valence-electron chi connectivity index (χ3n) is 14.5. The average Bonchev–Trinajstić information content (AvgIpc) is 2.80. The second-order valence-corrected chi connectivity index (χ2v) is 21.4. The van der Waals surface area contributed by atoms with Gasteiger partial charge in [-0.3, -0.25) is 4.79 Å². The molecule has 0 radical (unpaired) electrons. The molecule has 3 fully saturated rings. The van der Waals surface area contributed by atoms with Crippen LogP contribution in [-0.2, 0) is 33.2 Å². The van der Waals surface area contributed by atoms with E-state index >= 15 is 0 Å². The Hall–Kier alpha value is -3.81. The summed E-state index contributed by atoms with van der Waals surface area (Å²) in [5, 5.41) is 120. The van der Waals surface area contributed by atoms with Crippen LogP contribution in [0.15, 0.2) is 122 Å². The van der Waals surface area contributed by atoms with Gasteiger partial charge >= 0.3 is 0 Å². The van der Waals surface area contributed by atoms with Gasteiger partial charge in [0.2, 0.25) is 5.91 Å². The van der Waals surface area contributed by atoms with Gasteiger partial charge in [-0.05, 0) is 83.5 Å². The van der Waals surface area contributed by atoms with E-state index < -0.39 is 124 Å². The SMILES string of the molecule is CC/C=C\C/C=C\C/C=C\C/C=C\C/C=C\C/C=C\C/C=C\C/C=C\C/C=C\CCCC(=O)NC(COC1OC(CO)C(OC2OC(CO)C(OC3OC(CO)C(O)C(O)C3O)C(O)C2O)C(O)C1O)C(O)/C=C/CCCCCCCCCC. The van der Waals surface area contributed by atoms with Gasteiger partial charge in [0.15, 0.2) is 18.9 Å². The zero-order chi connectivity index (χ0) is 61.2. The van der Waals surface area contributed by atoms with Crippen LogP contribution < -0.4 is 5.32 Å². The number of carbonyl (C=O) groups excluding carboxylic acids is 1. The molecule has 3 aliphatic rings. The molecule has 0 saturated carbocycles. The molecule has 0 spiro atoms. The molecule has 3 heterocycles. The molecule has 0 aromatic rings. The fraction of sp³-hybridized carbons (Fsp3) is 0.677. The smallest absolute Gasteiger partial charge is 0.220 e. The number of unbranched alkanes of at least 4 members (excludes halogenated alkanes) is 9. The van der Waals surface area contributed by atoms with Crippen molar-refractivity contribution in [1.29, 1.82) is 0 Å². The highest BCUT2D eigenvalue weighted by Gasteiger charge is 2.53. The molecule has 12 N–H and O–H groups in total. The highest BCUT2D eigenvalue weighted by molar-refractivity contribution is 5.76. The first-order chi connectivity index (χ1) is 40.8.